The molecule has 3 heterocycles. The van der Waals surface area contributed by atoms with Crippen molar-refractivity contribution in [3.63, 3.8) is 0 Å². The topological polar surface area (TPSA) is 71.3 Å². The zero-order valence-corrected chi connectivity index (χ0v) is 15.8. The molecular formula is C20H28N4O2. The highest BCUT2D eigenvalue weighted by Gasteiger charge is 2.30. The van der Waals surface area contributed by atoms with E-state index in [1.165, 1.54) is 19.3 Å². The van der Waals surface area contributed by atoms with Crippen LogP contribution in [0.15, 0.2) is 10.7 Å². The maximum Gasteiger partial charge on any atom is 0.231 e. The molecule has 1 amide bonds. The Morgan fingerprint density at radius 3 is 2.77 bits per heavy atom. The molecule has 1 aliphatic heterocycles. The first kappa shape index (κ1) is 17.3. The Bertz CT molecular complexity index is 794. The number of aromatic nitrogens is 2. The quantitative estimate of drug-likeness (QED) is 0.911. The van der Waals surface area contributed by atoms with E-state index in [-0.39, 0.29) is 11.8 Å². The van der Waals surface area contributed by atoms with Crippen LogP contribution in [0, 0.1) is 19.8 Å². The van der Waals surface area contributed by atoms with Gasteiger partial charge in [-0.15, -0.1) is 0 Å². The Morgan fingerprint density at radius 2 is 1.96 bits per heavy atom. The van der Waals surface area contributed by atoms with Gasteiger partial charge in [0.25, 0.3) is 0 Å². The Labute approximate surface area is 154 Å². The molecular weight excluding hydrogens is 328 g/mol. The van der Waals surface area contributed by atoms with Crippen LogP contribution in [0.3, 0.4) is 0 Å². The summed E-state index contributed by atoms with van der Waals surface area (Å²) in [7, 11) is 0. The van der Waals surface area contributed by atoms with E-state index in [2.05, 4.69) is 20.2 Å². The maximum absolute atomic E-state index is 12.8. The van der Waals surface area contributed by atoms with Crippen LogP contribution in [-0.4, -0.2) is 35.0 Å². The maximum atomic E-state index is 12.8. The molecule has 2 aromatic rings. The molecule has 1 atom stereocenters. The van der Waals surface area contributed by atoms with E-state index in [0.29, 0.717) is 18.3 Å². The van der Waals surface area contributed by atoms with Crippen molar-refractivity contribution < 1.29 is 9.21 Å². The number of aryl methyl sites for hydroxylation is 2. The van der Waals surface area contributed by atoms with Gasteiger partial charge in [0.15, 0.2) is 0 Å². The second kappa shape index (κ2) is 7.25. The Hall–Kier alpha value is -2.11. The van der Waals surface area contributed by atoms with E-state index in [0.717, 1.165) is 54.8 Å². The third-order valence-electron chi connectivity index (χ3n) is 5.99. The Kier molecular flexibility index (Phi) is 4.83. The molecule has 1 saturated heterocycles. The second-order valence-corrected chi connectivity index (χ2v) is 7.79. The predicted molar refractivity (Wildman–Crippen MR) is 101 cm³/mol. The molecule has 26 heavy (non-hydrogen) atoms. The minimum atomic E-state index is 0.0315. The number of hydrogen-bond donors (Lipinski definition) is 1. The van der Waals surface area contributed by atoms with Crippen LogP contribution in [0.25, 0.3) is 11.1 Å². The molecule has 1 aliphatic carbocycles. The summed E-state index contributed by atoms with van der Waals surface area (Å²) in [5.41, 5.74) is 1.73. The predicted octanol–water partition coefficient (Wildman–Crippen LogP) is 3.50. The third-order valence-corrected chi connectivity index (χ3v) is 5.99. The van der Waals surface area contributed by atoms with Crippen molar-refractivity contribution >= 4 is 22.8 Å². The van der Waals surface area contributed by atoms with Gasteiger partial charge in [0, 0.05) is 24.7 Å². The zero-order chi connectivity index (χ0) is 18.1. The molecule has 0 aromatic carbocycles. The summed E-state index contributed by atoms with van der Waals surface area (Å²) < 4.78 is 5.75. The first-order valence-electron chi connectivity index (χ1n) is 9.89. The van der Waals surface area contributed by atoms with E-state index in [4.69, 9.17) is 4.42 Å². The molecule has 4 rings (SSSR count). The molecule has 1 saturated carbocycles. The molecule has 140 valence electrons. The van der Waals surface area contributed by atoms with Gasteiger partial charge in [-0.1, -0.05) is 19.3 Å². The number of furan rings is 1. The van der Waals surface area contributed by atoms with Gasteiger partial charge in [-0.05, 0) is 39.5 Å². The molecule has 2 aliphatic rings. The summed E-state index contributed by atoms with van der Waals surface area (Å²) in [6, 6.07) is 0.371. The van der Waals surface area contributed by atoms with Crippen LogP contribution < -0.4 is 10.2 Å². The van der Waals surface area contributed by atoms with Crippen LogP contribution in [0.1, 0.15) is 56.3 Å². The van der Waals surface area contributed by atoms with Crippen LogP contribution in [0.2, 0.25) is 0 Å². The lowest BCUT2D eigenvalue weighted by Crippen LogP contribution is -2.46. The lowest BCUT2D eigenvalue weighted by Gasteiger charge is -2.34. The van der Waals surface area contributed by atoms with Gasteiger partial charge in [0.1, 0.15) is 17.9 Å². The van der Waals surface area contributed by atoms with Crippen LogP contribution in [0.5, 0.6) is 0 Å². The average Bonchev–Trinajstić information content (AvgIpc) is 2.97. The number of amides is 1. The van der Waals surface area contributed by atoms with Gasteiger partial charge in [-0.3, -0.25) is 4.79 Å². The Morgan fingerprint density at radius 1 is 1.15 bits per heavy atom. The van der Waals surface area contributed by atoms with Gasteiger partial charge >= 0.3 is 0 Å². The van der Waals surface area contributed by atoms with E-state index in [1.807, 2.05) is 13.8 Å². The molecule has 6 nitrogen and oxygen atoms in total. The fourth-order valence-electron chi connectivity index (χ4n) is 4.35. The molecule has 2 aromatic heterocycles. The summed E-state index contributed by atoms with van der Waals surface area (Å²) in [6.45, 7) is 5.64. The van der Waals surface area contributed by atoms with Crippen molar-refractivity contribution in [3.8, 4) is 0 Å². The largest absolute Gasteiger partial charge is 0.443 e. The normalized spacial score (nSPS) is 21.9. The van der Waals surface area contributed by atoms with Crippen LogP contribution in [-0.2, 0) is 4.79 Å². The van der Waals surface area contributed by atoms with Gasteiger partial charge in [0.05, 0.1) is 11.3 Å². The monoisotopic (exact) mass is 356 g/mol. The number of hydrogen-bond acceptors (Lipinski definition) is 5. The summed E-state index contributed by atoms with van der Waals surface area (Å²) in [6.07, 6.45) is 9.54. The number of piperidine rings is 1. The second-order valence-electron chi connectivity index (χ2n) is 7.79. The van der Waals surface area contributed by atoms with Gasteiger partial charge in [-0.2, -0.15) is 0 Å². The lowest BCUT2D eigenvalue weighted by molar-refractivity contribution is -0.126. The van der Waals surface area contributed by atoms with Crippen molar-refractivity contribution in [2.45, 2.75) is 64.8 Å². The first-order chi connectivity index (χ1) is 12.6. The number of anilines is 1. The van der Waals surface area contributed by atoms with Crippen molar-refractivity contribution in [2.24, 2.45) is 5.92 Å². The molecule has 0 spiro atoms. The van der Waals surface area contributed by atoms with Crippen molar-refractivity contribution in [1.82, 2.24) is 15.3 Å². The van der Waals surface area contributed by atoms with Crippen LogP contribution >= 0.6 is 0 Å². The smallest absolute Gasteiger partial charge is 0.231 e. The summed E-state index contributed by atoms with van der Waals surface area (Å²) >= 11 is 0. The number of carbonyl (C=O) groups is 1. The molecule has 0 radical (unpaired) electrons. The summed E-state index contributed by atoms with van der Waals surface area (Å²) in [4.78, 5) is 23.8. The molecule has 0 bridgehead atoms. The number of nitrogens with one attached hydrogen (secondary N) is 1. The van der Waals surface area contributed by atoms with E-state index < -0.39 is 0 Å². The van der Waals surface area contributed by atoms with Crippen molar-refractivity contribution in [1.29, 1.82) is 0 Å². The highest BCUT2D eigenvalue weighted by Crippen LogP contribution is 2.32. The third kappa shape index (κ3) is 3.29. The summed E-state index contributed by atoms with van der Waals surface area (Å²) in [5.74, 6) is 2.03. The average molecular weight is 356 g/mol. The van der Waals surface area contributed by atoms with E-state index >= 15 is 0 Å². The molecule has 0 unspecified atom stereocenters. The summed E-state index contributed by atoms with van der Waals surface area (Å²) in [5, 5.41) is 4.28. The Balaban J connectivity index is 1.51. The van der Waals surface area contributed by atoms with Gasteiger partial charge < -0.3 is 14.6 Å². The fraction of sp³-hybridized carbons (Fsp3) is 0.650. The number of rotatable bonds is 3. The number of nitrogens with zero attached hydrogens (tertiary/aromatic N) is 3. The molecule has 2 fully saturated rings. The first-order valence-corrected chi connectivity index (χ1v) is 9.89. The van der Waals surface area contributed by atoms with Crippen molar-refractivity contribution in [3.05, 3.63) is 17.7 Å². The highest BCUT2D eigenvalue weighted by atomic mass is 16.3. The minimum Gasteiger partial charge on any atom is -0.443 e. The number of carbonyl (C=O) groups excluding carboxylic acids is 1. The van der Waals surface area contributed by atoms with E-state index in [1.54, 1.807) is 6.33 Å². The van der Waals surface area contributed by atoms with E-state index in [9.17, 15) is 4.79 Å². The highest BCUT2D eigenvalue weighted by molar-refractivity contribution is 5.90. The zero-order valence-electron chi connectivity index (χ0n) is 15.8. The minimum absolute atomic E-state index is 0.0315. The van der Waals surface area contributed by atoms with Crippen molar-refractivity contribution in [2.75, 3.05) is 18.0 Å². The lowest BCUT2D eigenvalue weighted by atomic mass is 9.93. The number of fused-ring (bicyclic) bond motifs is 1. The SMILES string of the molecule is Cc1oc2ncnc(N3CCC[C@H](C(=O)NC4CCCCC4)C3)c2c1C. The standard InChI is InChI=1S/C20H28N4O2/c1-13-14(2)26-20-17(13)18(21-12-22-20)24-10-6-7-15(11-24)19(25)23-16-8-4-3-5-9-16/h12,15-16H,3-11H2,1-2H3,(H,23,25)/t15-/m0/s1. The molecule has 6 heteroatoms. The van der Waals surface area contributed by atoms with Gasteiger partial charge in [-0.25, -0.2) is 9.97 Å². The van der Waals surface area contributed by atoms with Gasteiger partial charge in [0.2, 0.25) is 11.6 Å². The van der Waals surface area contributed by atoms with Crippen LogP contribution in [0.4, 0.5) is 5.82 Å². The molecule has 1 N–H and O–H groups in total. The fourth-order valence-corrected chi connectivity index (χ4v) is 4.35.